The van der Waals surface area contributed by atoms with E-state index in [1.807, 2.05) is 19.1 Å². The maximum absolute atomic E-state index is 5.10. The van der Waals surface area contributed by atoms with Crippen LogP contribution in [0.4, 0.5) is 0 Å². The Balaban J connectivity index is 3.02. The van der Waals surface area contributed by atoms with E-state index in [0.29, 0.717) is 0 Å². The molecule has 2 heteroatoms. The fraction of sp³-hybridized carbons (Fsp3) is 0.444. The van der Waals surface area contributed by atoms with Crippen molar-refractivity contribution < 1.29 is 4.74 Å². The molecule has 0 spiro atoms. The summed E-state index contributed by atoms with van der Waals surface area (Å²) < 4.78 is 5.10. The lowest BCUT2D eigenvalue weighted by molar-refractivity contribution is 0.413. The molecule has 0 saturated heterocycles. The summed E-state index contributed by atoms with van der Waals surface area (Å²) in [5.41, 5.74) is 2.10. The Labute approximate surface area is 67.2 Å². The molecular formula is C9H13NO. The van der Waals surface area contributed by atoms with Gasteiger partial charge in [0.2, 0.25) is 0 Å². The zero-order valence-corrected chi connectivity index (χ0v) is 7.22. The summed E-state index contributed by atoms with van der Waals surface area (Å²) in [6.45, 7) is 4.06. The number of rotatable bonds is 2. The standard InChI is InChI=1S/C9H13NO/c1-4-8-6-9(11-3)5-7(2)10-8/h5-6H,4H2,1-3H3. The smallest absolute Gasteiger partial charge is 0.122 e. The highest BCUT2D eigenvalue weighted by Gasteiger charge is 1.96. The molecule has 1 rings (SSSR count). The van der Waals surface area contributed by atoms with Gasteiger partial charge in [-0.2, -0.15) is 0 Å². The molecule has 0 fully saturated rings. The van der Waals surface area contributed by atoms with E-state index in [-0.39, 0.29) is 0 Å². The molecule has 0 unspecified atom stereocenters. The summed E-state index contributed by atoms with van der Waals surface area (Å²) in [6, 6.07) is 3.89. The summed E-state index contributed by atoms with van der Waals surface area (Å²) in [4.78, 5) is 4.32. The number of aryl methyl sites for hydroxylation is 2. The van der Waals surface area contributed by atoms with Crippen LogP contribution < -0.4 is 4.74 Å². The minimum absolute atomic E-state index is 0.898. The first-order valence-corrected chi connectivity index (χ1v) is 3.77. The van der Waals surface area contributed by atoms with Gasteiger partial charge in [-0.05, 0) is 13.3 Å². The lowest BCUT2D eigenvalue weighted by atomic mass is 10.2. The van der Waals surface area contributed by atoms with E-state index in [2.05, 4.69) is 11.9 Å². The zero-order chi connectivity index (χ0) is 8.27. The van der Waals surface area contributed by atoms with Crippen molar-refractivity contribution in [1.82, 2.24) is 4.98 Å². The van der Waals surface area contributed by atoms with Crippen LogP contribution in [0.2, 0.25) is 0 Å². The molecule has 0 amide bonds. The average Bonchev–Trinajstić information content (AvgIpc) is 2.03. The van der Waals surface area contributed by atoms with Gasteiger partial charge < -0.3 is 4.74 Å². The first-order valence-electron chi connectivity index (χ1n) is 3.77. The molecule has 0 bridgehead atoms. The molecular weight excluding hydrogens is 138 g/mol. The molecule has 11 heavy (non-hydrogen) atoms. The van der Waals surface area contributed by atoms with Crippen molar-refractivity contribution in [3.8, 4) is 5.75 Å². The number of hydrogen-bond acceptors (Lipinski definition) is 2. The SMILES string of the molecule is CCc1cc(OC)cc(C)n1. The number of methoxy groups -OCH3 is 1. The normalized spacial score (nSPS) is 9.73. The Morgan fingerprint density at radius 2 is 2.18 bits per heavy atom. The van der Waals surface area contributed by atoms with Crippen molar-refractivity contribution in [3.05, 3.63) is 23.5 Å². The minimum atomic E-state index is 0.898. The summed E-state index contributed by atoms with van der Waals surface area (Å²) in [7, 11) is 1.67. The van der Waals surface area contributed by atoms with E-state index in [4.69, 9.17) is 4.74 Å². The van der Waals surface area contributed by atoms with Crippen molar-refractivity contribution >= 4 is 0 Å². The lowest BCUT2D eigenvalue weighted by Gasteiger charge is -2.02. The zero-order valence-electron chi connectivity index (χ0n) is 7.22. The van der Waals surface area contributed by atoms with Crippen LogP contribution in [0, 0.1) is 6.92 Å². The number of aromatic nitrogens is 1. The summed E-state index contributed by atoms with van der Waals surface area (Å²) in [5, 5.41) is 0. The fourth-order valence-corrected chi connectivity index (χ4v) is 1.00. The second kappa shape index (κ2) is 3.37. The second-order valence-corrected chi connectivity index (χ2v) is 2.49. The Hall–Kier alpha value is -1.05. The summed E-state index contributed by atoms with van der Waals surface area (Å²) in [5.74, 6) is 0.898. The van der Waals surface area contributed by atoms with Crippen molar-refractivity contribution in [1.29, 1.82) is 0 Å². The van der Waals surface area contributed by atoms with Gasteiger partial charge in [0.05, 0.1) is 7.11 Å². The van der Waals surface area contributed by atoms with Gasteiger partial charge in [0.1, 0.15) is 5.75 Å². The quantitative estimate of drug-likeness (QED) is 0.644. The lowest BCUT2D eigenvalue weighted by Crippen LogP contribution is -1.92. The van der Waals surface area contributed by atoms with E-state index in [1.165, 1.54) is 0 Å². The maximum atomic E-state index is 5.10. The van der Waals surface area contributed by atoms with Crippen LogP contribution >= 0.6 is 0 Å². The van der Waals surface area contributed by atoms with E-state index < -0.39 is 0 Å². The minimum Gasteiger partial charge on any atom is -0.497 e. The van der Waals surface area contributed by atoms with Crippen molar-refractivity contribution in [2.75, 3.05) is 7.11 Å². The highest BCUT2D eigenvalue weighted by molar-refractivity contribution is 5.26. The van der Waals surface area contributed by atoms with Gasteiger partial charge in [-0.25, -0.2) is 0 Å². The first-order chi connectivity index (χ1) is 5.26. The highest BCUT2D eigenvalue weighted by atomic mass is 16.5. The van der Waals surface area contributed by atoms with E-state index in [0.717, 1.165) is 23.6 Å². The third kappa shape index (κ3) is 1.93. The average molecular weight is 151 g/mol. The van der Waals surface area contributed by atoms with Crippen LogP contribution in [0.3, 0.4) is 0 Å². The molecule has 0 aliphatic carbocycles. The molecule has 1 heterocycles. The molecule has 0 saturated carbocycles. The Morgan fingerprint density at radius 3 is 2.73 bits per heavy atom. The number of hydrogen-bond donors (Lipinski definition) is 0. The first kappa shape index (κ1) is 8.05. The molecule has 2 nitrogen and oxygen atoms in total. The van der Waals surface area contributed by atoms with Gasteiger partial charge in [0.25, 0.3) is 0 Å². The largest absolute Gasteiger partial charge is 0.497 e. The summed E-state index contributed by atoms with van der Waals surface area (Å²) in [6.07, 6.45) is 0.956. The Bertz CT molecular complexity index is 223. The van der Waals surface area contributed by atoms with Gasteiger partial charge in [0.15, 0.2) is 0 Å². The van der Waals surface area contributed by atoms with Gasteiger partial charge in [-0.3, -0.25) is 4.98 Å². The van der Waals surface area contributed by atoms with Gasteiger partial charge in [-0.1, -0.05) is 6.92 Å². The monoisotopic (exact) mass is 151 g/mol. The topological polar surface area (TPSA) is 22.1 Å². The maximum Gasteiger partial charge on any atom is 0.122 e. The summed E-state index contributed by atoms with van der Waals surface area (Å²) >= 11 is 0. The van der Waals surface area contributed by atoms with Gasteiger partial charge >= 0.3 is 0 Å². The van der Waals surface area contributed by atoms with Crippen LogP contribution in [0.5, 0.6) is 5.75 Å². The predicted octanol–water partition coefficient (Wildman–Crippen LogP) is 1.96. The van der Waals surface area contributed by atoms with Crippen molar-refractivity contribution in [3.63, 3.8) is 0 Å². The number of ether oxygens (including phenoxy) is 1. The second-order valence-electron chi connectivity index (χ2n) is 2.49. The van der Waals surface area contributed by atoms with E-state index >= 15 is 0 Å². The van der Waals surface area contributed by atoms with Crippen LogP contribution in [-0.4, -0.2) is 12.1 Å². The molecule has 0 aliphatic rings. The van der Waals surface area contributed by atoms with Crippen molar-refractivity contribution in [2.45, 2.75) is 20.3 Å². The molecule has 0 N–H and O–H groups in total. The Morgan fingerprint density at radius 1 is 1.45 bits per heavy atom. The fourth-order valence-electron chi connectivity index (χ4n) is 1.00. The molecule has 1 aromatic heterocycles. The highest BCUT2D eigenvalue weighted by Crippen LogP contribution is 2.13. The van der Waals surface area contributed by atoms with E-state index in [1.54, 1.807) is 7.11 Å². The van der Waals surface area contributed by atoms with Crippen LogP contribution in [0.25, 0.3) is 0 Å². The number of pyridine rings is 1. The van der Waals surface area contributed by atoms with Gasteiger partial charge in [0, 0.05) is 23.5 Å². The van der Waals surface area contributed by atoms with Crippen molar-refractivity contribution in [2.24, 2.45) is 0 Å². The number of nitrogens with zero attached hydrogens (tertiary/aromatic N) is 1. The Kier molecular flexibility index (Phi) is 2.47. The predicted molar refractivity (Wildman–Crippen MR) is 44.9 cm³/mol. The van der Waals surface area contributed by atoms with Crippen LogP contribution in [-0.2, 0) is 6.42 Å². The van der Waals surface area contributed by atoms with Crippen LogP contribution in [0.1, 0.15) is 18.3 Å². The molecule has 0 aliphatic heterocycles. The van der Waals surface area contributed by atoms with Crippen LogP contribution in [0.15, 0.2) is 12.1 Å². The molecule has 60 valence electrons. The molecule has 0 aromatic carbocycles. The van der Waals surface area contributed by atoms with Gasteiger partial charge in [-0.15, -0.1) is 0 Å². The molecule has 1 aromatic rings. The third-order valence-corrected chi connectivity index (χ3v) is 1.58. The molecule has 0 atom stereocenters. The third-order valence-electron chi connectivity index (χ3n) is 1.58. The molecule has 0 radical (unpaired) electrons. The van der Waals surface area contributed by atoms with E-state index in [9.17, 15) is 0 Å².